The fourth-order valence-corrected chi connectivity index (χ4v) is 8.01. The lowest BCUT2D eigenvalue weighted by atomic mass is 9.97. The first kappa shape index (κ1) is 26.6. The van der Waals surface area contributed by atoms with Crippen LogP contribution in [0.5, 0.6) is 11.9 Å². The quantitative estimate of drug-likeness (QED) is 0.254. The first-order chi connectivity index (χ1) is 19.9. The van der Waals surface area contributed by atoms with Gasteiger partial charge in [0.2, 0.25) is 5.88 Å². The summed E-state index contributed by atoms with van der Waals surface area (Å²) in [5.41, 5.74) is 5.90. The van der Waals surface area contributed by atoms with E-state index in [9.17, 15) is 9.65 Å². The third kappa shape index (κ3) is 4.37. The van der Waals surface area contributed by atoms with Crippen molar-refractivity contribution in [2.24, 2.45) is 0 Å². The molecule has 0 spiro atoms. The molecule has 3 aliphatic rings. The molecule has 2 aromatic heterocycles. The third-order valence-corrected chi connectivity index (χ3v) is 10.0. The zero-order valence-corrected chi connectivity index (χ0v) is 23.9. The summed E-state index contributed by atoms with van der Waals surface area (Å²) in [6.45, 7) is 1.89. The van der Waals surface area contributed by atoms with E-state index < -0.39 is 17.4 Å². The third-order valence-electron chi connectivity index (χ3n) is 8.71. The predicted octanol–water partition coefficient (Wildman–Crippen LogP) is 7.57. The highest BCUT2D eigenvalue weighted by molar-refractivity contribution is 7.23. The molecule has 2 aromatic carbocycles. The summed E-state index contributed by atoms with van der Waals surface area (Å²) < 4.78 is 44.5. The zero-order valence-electron chi connectivity index (χ0n) is 22.3. The van der Waals surface area contributed by atoms with Gasteiger partial charge in [-0.25, -0.2) is 8.78 Å². The first-order valence-corrected chi connectivity index (χ1v) is 15.3. The smallest absolute Gasteiger partial charge is 0.322 e. The van der Waals surface area contributed by atoms with E-state index in [1.54, 1.807) is 6.07 Å². The van der Waals surface area contributed by atoms with Crippen LogP contribution in [0.25, 0.3) is 32.1 Å². The Morgan fingerprint density at radius 2 is 1.85 bits per heavy atom. The van der Waals surface area contributed by atoms with Crippen molar-refractivity contribution in [2.45, 2.75) is 69.6 Å². The number of aromatic nitrogens is 2. The second-order valence-electron chi connectivity index (χ2n) is 11.1. The van der Waals surface area contributed by atoms with Crippen LogP contribution in [0.1, 0.15) is 63.4 Å². The molecule has 2 N–H and O–H groups in total. The van der Waals surface area contributed by atoms with Crippen molar-refractivity contribution >= 4 is 48.9 Å². The maximum absolute atomic E-state index is 16.7. The highest BCUT2D eigenvalue weighted by atomic mass is 35.5. The summed E-state index contributed by atoms with van der Waals surface area (Å²) in [7, 11) is 0. The maximum Gasteiger partial charge on any atom is 0.322 e. The lowest BCUT2D eigenvalue weighted by molar-refractivity contribution is -0.0334. The number of nitrogens with zero attached hydrogens (tertiary/aromatic N) is 4. The molecule has 0 radical (unpaired) electrons. The molecule has 11 heteroatoms. The van der Waals surface area contributed by atoms with Crippen LogP contribution in [0.15, 0.2) is 18.2 Å². The van der Waals surface area contributed by atoms with Gasteiger partial charge in [-0.05, 0) is 56.2 Å². The molecule has 7 nitrogen and oxygen atoms in total. The minimum absolute atomic E-state index is 0.00154. The van der Waals surface area contributed by atoms with Crippen LogP contribution in [0, 0.1) is 23.0 Å². The van der Waals surface area contributed by atoms with Gasteiger partial charge >= 0.3 is 6.01 Å². The van der Waals surface area contributed by atoms with Gasteiger partial charge in [-0.3, -0.25) is 4.90 Å². The molecule has 4 heterocycles. The molecular weight excluding hydrogens is 568 g/mol. The fourth-order valence-electron chi connectivity index (χ4n) is 6.77. The van der Waals surface area contributed by atoms with E-state index in [4.69, 9.17) is 26.8 Å². The molecule has 0 bridgehead atoms. The average molecular weight is 596 g/mol. The summed E-state index contributed by atoms with van der Waals surface area (Å²) in [4.78, 5) is 11.6. The largest absolute Gasteiger partial charge is 0.474 e. The number of anilines is 1. The van der Waals surface area contributed by atoms with Gasteiger partial charge in [-0.15, -0.1) is 11.3 Å². The van der Waals surface area contributed by atoms with Crippen LogP contribution in [-0.4, -0.2) is 39.8 Å². The second-order valence-corrected chi connectivity index (χ2v) is 12.6. The molecule has 0 unspecified atom stereocenters. The number of ether oxygens (including phenoxy) is 2. The molecule has 3 fully saturated rings. The fraction of sp³-hybridized carbons (Fsp3) is 0.433. The van der Waals surface area contributed by atoms with E-state index in [0.29, 0.717) is 5.39 Å². The summed E-state index contributed by atoms with van der Waals surface area (Å²) in [5.74, 6) is -1.02. The monoisotopic (exact) mass is 595 g/mol. The molecule has 2 aliphatic heterocycles. The molecule has 1 saturated carbocycles. The zero-order chi connectivity index (χ0) is 28.3. The normalized spacial score (nSPS) is 19.1. The molecular formula is C30H28ClF2N5O2S. The molecule has 0 atom stereocenters. The Labute approximate surface area is 244 Å². The van der Waals surface area contributed by atoms with Crippen LogP contribution >= 0.6 is 22.9 Å². The highest BCUT2D eigenvalue weighted by Gasteiger charge is 2.47. The molecule has 1 aliphatic carbocycles. The van der Waals surface area contributed by atoms with Gasteiger partial charge in [0.25, 0.3) is 0 Å². The Bertz CT molecular complexity index is 1720. The van der Waals surface area contributed by atoms with E-state index in [-0.39, 0.29) is 60.3 Å². The summed E-state index contributed by atoms with van der Waals surface area (Å²) in [6, 6.07) is 6.34. The van der Waals surface area contributed by atoms with Crippen molar-refractivity contribution < 1.29 is 18.3 Å². The van der Waals surface area contributed by atoms with Gasteiger partial charge in [0.15, 0.2) is 11.5 Å². The Morgan fingerprint density at radius 1 is 1.10 bits per heavy atom. The van der Waals surface area contributed by atoms with Crippen LogP contribution in [0.4, 0.5) is 13.8 Å². The van der Waals surface area contributed by atoms with Crippen molar-refractivity contribution in [3.63, 3.8) is 0 Å². The van der Waals surface area contributed by atoms with E-state index in [2.05, 4.69) is 14.9 Å². The second kappa shape index (κ2) is 10.2. The van der Waals surface area contributed by atoms with Crippen LogP contribution in [0.3, 0.4) is 0 Å². The maximum atomic E-state index is 16.7. The van der Waals surface area contributed by atoms with Gasteiger partial charge < -0.3 is 15.2 Å². The number of halogens is 3. The van der Waals surface area contributed by atoms with Crippen molar-refractivity contribution in [3.8, 4) is 29.1 Å². The van der Waals surface area contributed by atoms with E-state index in [1.807, 2.05) is 6.07 Å². The van der Waals surface area contributed by atoms with Gasteiger partial charge in [0, 0.05) is 36.9 Å². The Morgan fingerprint density at radius 3 is 2.59 bits per heavy atom. The standard InChI is InChI=1S/C30H28ClF2N5O2S/c31-20-14-18-25(24(33)23(20)17-8-9-21(32)26-22(17)19(15-34)27(35)41-26)36-29(37-28(18)39-16-6-2-1-3-7-16)40-30-10-4-12-38(30)13-5-11-30/h8-9,14,16H,1-7,10-13,35H2. The predicted molar refractivity (Wildman–Crippen MR) is 155 cm³/mol. The molecule has 212 valence electrons. The molecule has 41 heavy (non-hydrogen) atoms. The topological polar surface area (TPSA) is 97.3 Å². The van der Waals surface area contributed by atoms with E-state index in [1.165, 1.54) is 12.1 Å². The number of nitriles is 1. The van der Waals surface area contributed by atoms with Gasteiger partial charge in [-0.2, -0.15) is 15.2 Å². The van der Waals surface area contributed by atoms with Gasteiger partial charge in [0.1, 0.15) is 28.5 Å². The number of thiophene rings is 1. The molecule has 0 amide bonds. The number of fused-ring (bicyclic) bond motifs is 3. The Hall–Kier alpha value is -3.26. The van der Waals surface area contributed by atoms with E-state index >= 15 is 4.39 Å². The number of hydrogen-bond donors (Lipinski definition) is 1. The first-order valence-electron chi connectivity index (χ1n) is 14.1. The molecule has 4 aromatic rings. The highest BCUT2D eigenvalue weighted by Crippen LogP contribution is 2.46. The number of benzene rings is 2. The lowest BCUT2D eigenvalue weighted by Gasteiger charge is -2.31. The van der Waals surface area contributed by atoms with E-state index in [0.717, 1.165) is 82.2 Å². The lowest BCUT2D eigenvalue weighted by Crippen LogP contribution is -2.44. The molecule has 2 saturated heterocycles. The van der Waals surface area contributed by atoms with Crippen molar-refractivity contribution in [1.29, 1.82) is 5.26 Å². The van der Waals surface area contributed by atoms with Crippen molar-refractivity contribution in [3.05, 3.63) is 40.4 Å². The summed E-state index contributed by atoms with van der Waals surface area (Å²) in [5, 5.41) is 10.6. The van der Waals surface area contributed by atoms with Gasteiger partial charge in [0.05, 0.1) is 20.7 Å². The number of nitrogens with two attached hydrogens (primary N) is 1. The SMILES string of the molecule is N#Cc1c(N)sc2c(F)ccc(-c3c(Cl)cc4c(OC5CCCCC5)nc(OC56CCCN5CCC6)nc4c3F)c12. The van der Waals surface area contributed by atoms with Crippen LogP contribution in [-0.2, 0) is 0 Å². The van der Waals surface area contributed by atoms with Crippen molar-refractivity contribution in [2.75, 3.05) is 18.8 Å². The van der Waals surface area contributed by atoms with Crippen LogP contribution < -0.4 is 15.2 Å². The minimum Gasteiger partial charge on any atom is -0.474 e. The molecule has 7 rings (SSSR count). The summed E-state index contributed by atoms with van der Waals surface area (Å²) in [6.07, 6.45) is 8.72. The van der Waals surface area contributed by atoms with Gasteiger partial charge in [-0.1, -0.05) is 24.1 Å². The minimum atomic E-state index is -0.720. The Kier molecular flexibility index (Phi) is 6.64. The number of hydrogen-bond acceptors (Lipinski definition) is 8. The average Bonchev–Trinajstić information content (AvgIpc) is 3.63. The Balaban J connectivity index is 1.43. The van der Waals surface area contributed by atoms with Crippen LogP contribution in [0.2, 0.25) is 5.02 Å². The van der Waals surface area contributed by atoms with Crippen molar-refractivity contribution in [1.82, 2.24) is 14.9 Å². The number of rotatable bonds is 5. The summed E-state index contributed by atoms with van der Waals surface area (Å²) >= 11 is 7.70. The number of nitrogen functional groups attached to an aromatic ring is 1.